The summed E-state index contributed by atoms with van der Waals surface area (Å²) in [6.45, 7) is 1.67. The van der Waals surface area contributed by atoms with Crippen molar-refractivity contribution in [2.24, 2.45) is 21.1 Å². The second-order valence-electron chi connectivity index (χ2n) is 5.07. The first kappa shape index (κ1) is 17.8. The van der Waals surface area contributed by atoms with Crippen LogP contribution >= 0.6 is 11.8 Å². The van der Waals surface area contributed by atoms with Crippen LogP contribution in [0.1, 0.15) is 13.3 Å². The van der Waals surface area contributed by atoms with Gasteiger partial charge in [-0.05, 0) is 0 Å². The summed E-state index contributed by atoms with van der Waals surface area (Å²) in [6, 6.07) is 0. The van der Waals surface area contributed by atoms with Gasteiger partial charge in [0.1, 0.15) is 0 Å². The van der Waals surface area contributed by atoms with Crippen LogP contribution in [0.25, 0.3) is 11.2 Å². The van der Waals surface area contributed by atoms with Crippen molar-refractivity contribution in [2.75, 3.05) is 5.75 Å². The van der Waals surface area contributed by atoms with E-state index in [1.807, 2.05) is 0 Å². The van der Waals surface area contributed by atoms with Gasteiger partial charge in [-0.25, -0.2) is 9.78 Å². The highest BCUT2D eigenvalue weighted by molar-refractivity contribution is 7.99. The molecule has 24 heavy (non-hydrogen) atoms. The number of aromatic nitrogens is 4. The molecule has 0 aliphatic rings. The van der Waals surface area contributed by atoms with E-state index in [0.717, 1.165) is 16.3 Å². The smallest absolute Gasteiger partial charge is 0.316 e. The van der Waals surface area contributed by atoms with Crippen molar-refractivity contribution in [1.29, 1.82) is 0 Å². The number of hydrogen-bond donors (Lipinski definition) is 2. The van der Waals surface area contributed by atoms with Crippen LogP contribution in [0.15, 0.2) is 14.7 Å². The fraction of sp³-hybridized carbons (Fsp3) is 0.462. The minimum absolute atomic E-state index is 0.00455. The van der Waals surface area contributed by atoms with Gasteiger partial charge in [0.15, 0.2) is 16.3 Å². The summed E-state index contributed by atoms with van der Waals surface area (Å²) in [7, 11) is 4.56. The molecule has 2 aromatic heterocycles. The molecule has 2 amide bonds. The predicted molar refractivity (Wildman–Crippen MR) is 88.5 cm³/mol. The second-order valence-corrected chi connectivity index (χ2v) is 6.01. The number of fused-ring (bicyclic) bond motifs is 1. The lowest BCUT2D eigenvalue weighted by molar-refractivity contribution is -0.127. The first-order chi connectivity index (χ1) is 11.3. The number of carbonyl (C=O) groups is 2. The first-order valence-electron chi connectivity index (χ1n) is 7.10. The van der Waals surface area contributed by atoms with E-state index in [1.54, 1.807) is 18.5 Å². The largest absolute Gasteiger partial charge is 0.332 e. The lowest BCUT2D eigenvalue weighted by Crippen LogP contribution is -2.42. The maximum absolute atomic E-state index is 12.2. The van der Waals surface area contributed by atoms with Gasteiger partial charge < -0.3 is 4.57 Å². The number of imidazole rings is 1. The zero-order chi connectivity index (χ0) is 18.0. The molecule has 0 aliphatic carbocycles. The number of thioether (sulfide) groups is 1. The fourth-order valence-corrected chi connectivity index (χ4v) is 2.79. The molecule has 130 valence electrons. The Morgan fingerprint density at radius 2 is 1.67 bits per heavy atom. The molecule has 0 aromatic carbocycles. The molecule has 0 unspecified atom stereocenters. The Morgan fingerprint density at radius 1 is 1.04 bits per heavy atom. The highest BCUT2D eigenvalue weighted by Crippen LogP contribution is 2.19. The maximum atomic E-state index is 12.2. The third-order valence-electron chi connectivity index (χ3n) is 3.43. The zero-order valence-electron chi connectivity index (χ0n) is 13.7. The molecule has 0 atom stereocenters. The van der Waals surface area contributed by atoms with Crippen LogP contribution in [0, 0.1) is 0 Å². The van der Waals surface area contributed by atoms with Gasteiger partial charge in [0, 0.05) is 27.6 Å². The number of nitrogens with zero attached hydrogens (tertiary/aromatic N) is 4. The van der Waals surface area contributed by atoms with Gasteiger partial charge in [0.05, 0.1) is 5.75 Å². The average molecular weight is 354 g/mol. The standard InChI is InChI=1S/C13H18N6O4S/c1-5-7(20)15-16-8(21)6-24-12-14-10-9(17(12)2)11(22)19(4)13(23)18(10)3/h5-6H2,1-4H3,(H,15,20)(H,16,21). The fourth-order valence-electron chi connectivity index (χ4n) is 2.02. The Balaban J connectivity index is 2.24. The van der Waals surface area contributed by atoms with E-state index in [4.69, 9.17) is 0 Å². The quantitative estimate of drug-likeness (QED) is 0.516. The van der Waals surface area contributed by atoms with Crippen LogP contribution in [0.4, 0.5) is 0 Å². The van der Waals surface area contributed by atoms with Crippen molar-refractivity contribution in [3.63, 3.8) is 0 Å². The average Bonchev–Trinajstić information content (AvgIpc) is 2.90. The molecule has 10 nitrogen and oxygen atoms in total. The van der Waals surface area contributed by atoms with Crippen molar-refractivity contribution in [3.05, 3.63) is 20.8 Å². The molecule has 0 saturated heterocycles. The van der Waals surface area contributed by atoms with Gasteiger partial charge in [-0.1, -0.05) is 18.7 Å². The van der Waals surface area contributed by atoms with Crippen LogP contribution in [0.5, 0.6) is 0 Å². The third kappa shape index (κ3) is 3.20. The SMILES string of the molecule is CCC(=O)NNC(=O)CSc1nc2c(c(=O)n(C)c(=O)n2C)n1C. The molecular weight excluding hydrogens is 336 g/mol. The monoisotopic (exact) mass is 354 g/mol. The minimum atomic E-state index is -0.470. The lowest BCUT2D eigenvalue weighted by atomic mass is 10.5. The van der Waals surface area contributed by atoms with E-state index < -0.39 is 17.2 Å². The number of carbonyl (C=O) groups excluding carboxylic acids is 2. The summed E-state index contributed by atoms with van der Waals surface area (Å²) < 4.78 is 3.83. The van der Waals surface area contributed by atoms with E-state index in [2.05, 4.69) is 15.8 Å². The molecular formula is C13H18N6O4S. The molecule has 2 aromatic rings. The summed E-state index contributed by atoms with van der Waals surface area (Å²) in [4.78, 5) is 51.2. The molecule has 2 rings (SSSR count). The van der Waals surface area contributed by atoms with E-state index in [1.165, 1.54) is 18.7 Å². The number of hydrogen-bond acceptors (Lipinski definition) is 6. The van der Waals surface area contributed by atoms with Crippen LogP contribution < -0.4 is 22.1 Å². The van der Waals surface area contributed by atoms with Crippen molar-refractivity contribution in [3.8, 4) is 0 Å². The number of aryl methyl sites for hydroxylation is 2. The first-order valence-corrected chi connectivity index (χ1v) is 8.09. The lowest BCUT2D eigenvalue weighted by Gasteiger charge is -2.05. The second kappa shape index (κ2) is 6.91. The normalized spacial score (nSPS) is 10.8. The minimum Gasteiger partial charge on any atom is -0.316 e. The Kier molecular flexibility index (Phi) is 5.12. The van der Waals surface area contributed by atoms with Crippen molar-refractivity contribution < 1.29 is 9.59 Å². The molecule has 11 heteroatoms. The molecule has 0 spiro atoms. The van der Waals surface area contributed by atoms with Crippen LogP contribution in [-0.2, 0) is 30.7 Å². The molecule has 2 N–H and O–H groups in total. The Bertz CT molecular complexity index is 925. The molecule has 0 bridgehead atoms. The molecule has 0 saturated carbocycles. The molecule has 2 heterocycles. The Morgan fingerprint density at radius 3 is 2.29 bits per heavy atom. The number of hydrazine groups is 1. The summed E-state index contributed by atoms with van der Waals surface area (Å²) in [5.74, 6) is -0.708. The van der Waals surface area contributed by atoms with Gasteiger partial charge in [-0.2, -0.15) is 0 Å². The maximum Gasteiger partial charge on any atom is 0.332 e. The van der Waals surface area contributed by atoms with Crippen molar-refractivity contribution >= 4 is 34.7 Å². The summed E-state index contributed by atoms with van der Waals surface area (Å²) in [5, 5.41) is 0.417. The number of amides is 2. The summed E-state index contributed by atoms with van der Waals surface area (Å²) in [5.41, 5.74) is 4.16. The van der Waals surface area contributed by atoms with Gasteiger partial charge in [-0.15, -0.1) is 0 Å². The van der Waals surface area contributed by atoms with Crippen LogP contribution in [-0.4, -0.2) is 36.3 Å². The van der Waals surface area contributed by atoms with Crippen LogP contribution in [0.3, 0.4) is 0 Å². The van der Waals surface area contributed by atoms with Gasteiger partial charge in [0.2, 0.25) is 11.8 Å². The van der Waals surface area contributed by atoms with Crippen molar-refractivity contribution in [2.45, 2.75) is 18.5 Å². The van der Waals surface area contributed by atoms with E-state index in [-0.39, 0.29) is 29.2 Å². The predicted octanol–water partition coefficient (Wildman–Crippen LogP) is -1.38. The zero-order valence-corrected chi connectivity index (χ0v) is 14.6. The Hall–Kier alpha value is -2.56. The molecule has 0 fully saturated rings. The van der Waals surface area contributed by atoms with Gasteiger partial charge in [0.25, 0.3) is 5.56 Å². The number of rotatable bonds is 4. The van der Waals surface area contributed by atoms with Crippen LogP contribution in [0.2, 0.25) is 0 Å². The molecule has 0 radical (unpaired) electrons. The Labute approximate surface area is 140 Å². The summed E-state index contributed by atoms with van der Waals surface area (Å²) >= 11 is 1.09. The van der Waals surface area contributed by atoms with E-state index in [0.29, 0.717) is 5.16 Å². The number of nitrogens with one attached hydrogen (secondary N) is 2. The van der Waals surface area contributed by atoms with Gasteiger partial charge >= 0.3 is 5.69 Å². The topological polar surface area (TPSA) is 120 Å². The van der Waals surface area contributed by atoms with Crippen molar-refractivity contribution in [1.82, 2.24) is 29.5 Å². The van der Waals surface area contributed by atoms with E-state index in [9.17, 15) is 19.2 Å². The highest BCUT2D eigenvalue weighted by Gasteiger charge is 2.17. The third-order valence-corrected chi connectivity index (χ3v) is 4.46. The molecule has 0 aliphatic heterocycles. The highest BCUT2D eigenvalue weighted by atomic mass is 32.2. The van der Waals surface area contributed by atoms with E-state index >= 15 is 0 Å². The van der Waals surface area contributed by atoms with Gasteiger partial charge in [-0.3, -0.25) is 34.4 Å². The summed E-state index contributed by atoms with van der Waals surface area (Å²) in [6.07, 6.45) is 0.259.